The number of methoxy groups -OCH3 is 2. The van der Waals surface area contributed by atoms with E-state index >= 15 is 0 Å². The summed E-state index contributed by atoms with van der Waals surface area (Å²) in [6.07, 6.45) is 7.87. The molecule has 0 bridgehead atoms. The van der Waals surface area contributed by atoms with Crippen molar-refractivity contribution in [2.24, 2.45) is 0 Å². The van der Waals surface area contributed by atoms with Gasteiger partial charge in [-0.15, -0.1) is 0 Å². The van der Waals surface area contributed by atoms with Crippen LogP contribution in [0.2, 0.25) is 0 Å². The number of benzene rings is 2. The zero-order valence-electron chi connectivity index (χ0n) is 14.8. The Morgan fingerprint density at radius 1 is 0.538 bits per heavy atom. The molecule has 130 valence electrons. The van der Waals surface area contributed by atoms with Gasteiger partial charge in [0.1, 0.15) is 11.5 Å². The van der Waals surface area contributed by atoms with Crippen molar-refractivity contribution in [2.45, 2.75) is 0 Å². The van der Waals surface area contributed by atoms with Crippen LogP contribution in [0.3, 0.4) is 0 Å². The van der Waals surface area contributed by atoms with Crippen LogP contribution in [0, 0.1) is 0 Å². The average molecular weight is 344 g/mol. The molecule has 0 unspecified atom stereocenters. The van der Waals surface area contributed by atoms with E-state index in [1.807, 2.05) is 85.0 Å². The van der Waals surface area contributed by atoms with Crippen molar-refractivity contribution in [1.29, 1.82) is 0 Å². The van der Waals surface area contributed by atoms with Crippen LogP contribution < -0.4 is 9.47 Å². The van der Waals surface area contributed by atoms with Crippen molar-refractivity contribution in [1.82, 2.24) is 10.2 Å². The second-order valence-corrected chi connectivity index (χ2v) is 5.60. The smallest absolute Gasteiger partial charge is 0.118 e. The molecule has 3 aromatic rings. The molecule has 1 aromatic heterocycles. The maximum absolute atomic E-state index is 5.15. The van der Waals surface area contributed by atoms with Crippen LogP contribution in [0.1, 0.15) is 22.5 Å². The summed E-state index contributed by atoms with van der Waals surface area (Å²) in [7, 11) is 3.32. The highest BCUT2D eigenvalue weighted by Gasteiger charge is 1.95. The minimum atomic E-state index is 0.808. The second kappa shape index (κ2) is 8.62. The van der Waals surface area contributed by atoms with E-state index in [0.717, 1.165) is 34.0 Å². The van der Waals surface area contributed by atoms with E-state index in [9.17, 15) is 0 Å². The summed E-state index contributed by atoms with van der Waals surface area (Å²) in [5, 5.41) is 8.47. The van der Waals surface area contributed by atoms with E-state index in [0.29, 0.717) is 0 Å². The zero-order chi connectivity index (χ0) is 18.2. The van der Waals surface area contributed by atoms with Crippen LogP contribution in [-0.2, 0) is 0 Å². The molecule has 0 spiro atoms. The predicted octanol–water partition coefficient (Wildman–Crippen LogP) is 4.83. The minimum Gasteiger partial charge on any atom is -0.497 e. The Morgan fingerprint density at radius 2 is 0.923 bits per heavy atom. The lowest BCUT2D eigenvalue weighted by Gasteiger charge is -1.99. The maximum atomic E-state index is 5.15. The molecule has 0 aliphatic carbocycles. The number of rotatable bonds is 6. The molecule has 0 N–H and O–H groups in total. The Bertz CT molecular complexity index is 804. The van der Waals surface area contributed by atoms with Crippen LogP contribution in [0.15, 0.2) is 60.7 Å². The summed E-state index contributed by atoms with van der Waals surface area (Å²) in [6.45, 7) is 0. The van der Waals surface area contributed by atoms with E-state index in [4.69, 9.17) is 9.47 Å². The van der Waals surface area contributed by atoms with Crippen LogP contribution in [0.25, 0.3) is 24.3 Å². The number of hydrogen-bond acceptors (Lipinski definition) is 4. The molecule has 0 aliphatic heterocycles. The standard InChI is InChI=1S/C22H20N2O2/c1-25-21-13-5-17(6-14-21)3-9-19-11-12-20(24-23-19)10-4-18-7-15-22(26-2)16-8-18/h3-16H,1-2H3/b9-3+,10-4+. The Hall–Kier alpha value is -3.40. The molecule has 4 heteroatoms. The van der Waals surface area contributed by atoms with Gasteiger partial charge in [-0.25, -0.2) is 0 Å². The Morgan fingerprint density at radius 3 is 1.23 bits per heavy atom. The highest BCUT2D eigenvalue weighted by molar-refractivity contribution is 5.70. The van der Waals surface area contributed by atoms with Crippen molar-refractivity contribution < 1.29 is 9.47 Å². The summed E-state index contributed by atoms with van der Waals surface area (Å²) >= 11 is 0. The predicted molar refractivity (Wildman–Crippen MR) is 106 cm³/mol. The van der Waals surface area contributed by atoms with Crippen molar-refractivity contribution in [3.05, 3.63) is 83.2 Å². The molecular formula is C22H20N2O2. The van der Waals surface area contributed by atoms with E-state index in [2.05, 4.69) is 10.2 Å². The van der Waals surface area contributed by atoms with E-state index < -0.39 is 0 Å². The highest BCUT2D eigenvalue weighted by Crippen LogP contribution is 2.15. The summed E-state index contributed by atoms with van der Waals surface area (Å²) in [5.41, 5.74) is 3.77. The van der Waals surface area contributed by atoms with Crippen molar-refractivity contribution in [2.75, 3.05) is 14.2 Å². The first-order valence-electron chi connectivity index (χ1n) is 8.25. The SMILES string of the molecule is COc1ccc(/C=C/c2ccc(/C=C/c3ccc(OC)cc3)nn2)cc1. The number of hydrogen-bond donors (Lipinski definition) is 0. The molecular weight excluding hydrogens is 324 g/mol. The van der Waals surface area contributed by atoms with Gasteiger partial charge in [0.2, 0.25) is 0 Å². The quantitative estimate of drug-likeness (QED) is 0.642. The number of aromatic nitrogens is 2. The van der Waals surface area contributed by atoms with Gasteiger partial charge in [-0.3, -0.25) is 0 Å². The third-order valence-corrected chi connectivity index (χ3v) is 3.83. The second-order valence-electron chi connectivity index (χ2n) is 5.60. The van der Waals surface area contributed by atoms with Gasteiger partial charge in [0.05, 0.1) is 25.6 Å². The van der Waals surface area contributed by atoms with Crippen LogP contribution in [0.4, 0.5) is 0 Å². The number of nitrogens with zero attached hydrogens (tertiary/aromatic N) is 2. The minimum absolute atomic E-state index is 0.808. The summed E-state index contributed by atoms with van der Waals surface area (Å²) in [4.78, 5) is 0. The van der Waals surface area contributed by atoms with Crippen molar-refractivity contribution >= 4 is 24.3 Å². The van der Waals surface area contributed by atoms with E-state index in [1.54, 1.807) is 14.2 Å². The van der Waals surface area contributed by atoms with Crippen LogP contribution in [0.5, 0.6) is 11.5 Å². The van der Waals surface area contributed by atoms with Gasteiger partial charge in [-0.1, -0.05) is 36.4 Å². The van der Waals surface area contributed by atoms with Gasteiger partial charge in [0.25, 0.3) is 0 Å². The summed E-state index contributed by atoms with van der Waals surface area (Å²) in [6, 6.07) is 19.6. The largest absolute Gasteiger partial charge is 0.497 e. The maximum Gasteiger partial charge on any atom is 0.118 e. The molecule has 0 fully saturated rings. The lowest BCUT2D eigenvalue weighted by Crippen LogP contribution is -1.88. The highest BCUT2D eigenvalue weighted by atomic mass is 16.5. The fourth-order valence-corrected chi connectivity index (χ4v) is 2.32. The van der Waals surface area contributed by atoms with Crippen molar-refractivity contribution in [3.63, 3.8) is 0 Å². The molecule has 0 amide bonds. The van der Waals surface area contributed by atoms with Gasteiger partial charge >= 0.3 is 0 Å². The molecule has 1 heterocycles. The fraction of sp³-hybridized carbons (Fsp3) is 0.0909. The zero-order valence-corrected chi connectivity index (χ0v) is 14.8. The summed E-state index contributed by atoms with van der Waals surface area (Å²) in [5.74, 6) is 1.69. The molecule has 0 radical (unpaired) electrons. The molecule has 0 aliphatic rings. The Balaban J connectivity index is 1.63. The molecule has 2 aromatic carbocycles. The third kappa shape index (κ3) is 4.80. The van der Waals surface area contributed by atoms with E-state index in [1.165, 1.54) is 0 Å². The normalized spacial score (nSPS) is 11.2. The first-order chi connectivity index (χ1) is 12.8. The monoisotopic (exact) mass is 344 g/mol. The lowest BCUT2D eigenvalue weighted by molar-refractivity contribution is 0.414. The van der Waals surface area contributed by atoms with Crippen LogP contribution >= 0.6 is 0 Å². The first-order valence-corrected chi connectivity index (χ1v) is 8.25. The molecule has 3 rings (SSSR count). The first kappa shape index (κ1) is 17.4. The third-order valence-electron chi connectivity index (χ3n) is 3.83. The van der Waals surface area contributed by atoms with Gasteiger partial charge in [0.15, 0.2) is 0 Å². The molecule has 0 saturated heterocycles. The van der Waals surface area contributed by atoms with Gasteiger partial charge in [-0.05, 0) is 59.7 Å². The topological polar surface area (TPSA) is 44.2 Å². The molecule has 0 atom stereocenters. The summed E-state index contributed by atoms with van der Waals surface area (Å²) < 4.78 is 10.3. The van der Waals surface area contributed by atoms with E-state index in [-0.39, 0.29) is 0 Å². The average Bonchev–Trinajstić information content (AvgIpc) is 2.72. The number of ether oxygens (including phenoxy) is 2. The van der Waals surface area contributed by atoms with Gasteiger partial charge in [-0.2, -0.15) is 10.2 Å². The molecule has 0 saturated carbocycles. The van der Waals surface area contributed by atoms with Gasteiger partial charge in [0, 0.05) is 0 Å². The van der Waals surface area contributed by atoms with Gasteiger partial charge < -0.3 is 9.47 Å². The van der Waals surface area contributed by atoms with Crippen LogP contribution in [-0.4, -0.2) is 24.4 Å². The molecule has 26 heavy (non-hydrogen) atoms. The van der Waals surface area contributed by atoms with Crippen molar-refractivity contribution in [3.8, 4) is 11.5 Å². The molecule has 4 nitrogen and oxygen atoms in total. The Labute approximate surface area is 153 Å². The fourth-order valence-electron chi connectivity index (χ4n) is 2.32. The lowest BCUT2D eigenvalue weighted by atomic mass is 10.2. The Kier molecular flexibility index (Phi) is 5.78.